The summed E-state index contributed by atoms with van der Waals surface area (Å²) in [6, 6.07) is 9.39. The third kappa shape index (κ3) is 5.63. The van der Waals surface area contributed by atoms with Gasteiger partial charge in [0.25, 0.3) is 11.6 Å². The quantitative estimate of drug-likeness (QED) is 0.408. The second-order valence-electron chi connectivity index (χ2n) is 6.84. The van der Waals surface area contributed by atoms with Crippen molar-refractivity contribution in [2.45, 2.75) is 33.8 Å². The van der Waals surface area contributed by atoms with Gasteiger partial charge in [0.05, 0.1) is 17.0 Å². The van der Waals surface area contributed by atoms with E-state index in [1.165, 1.54) is 32.0 Å². The summed E-state index contributed by atoms with van der Waals surface area (Å²) in [4.78, 5) is 46.8. The monoisotopic (exact) mass is 413 g/mol. The molecule has 0 aromatic heterocycles. The lowest BCUT2D eigenvalue weighted by atomic mass is 10.1. The number of nitrogens with one attached hydrogen (secondary N) is 2. The van der Waals surface area contributed by atoms with E-state index < -0.39 is 28.8 Å². The molecule has 2 amide bonds. The third-order valence-electron chi connectivity index (χ3n) is 4.45. The fraction of sp³-hybridized carbons (Fsp3) is 0.286. The fourth-order valence-corrected chi connectivity index (χ4v) is 2.78. The summed E-state index contributed by atoms with van der Waals surface area (Å²) in [6.45, 7) is 6.31. The highest BCUT2D eigenvalue weighted by Crippen LogP contribution is 2.20. The number of nitro benzene ring substituents is 1. The molecular formula is C21H23N3O6. The number of rotatable bonds is 7. The van der Waals surface area contributed by atoms with E-state index in [0.717, 1.165) is 11.1 Å². The summed E-state index contributed by atoms with van der Waals surface area (Å²) < 4.78 is 5.09. The lowest BCUT2D eigenvalue weighted by Gasteiger charge is -2.15. The first-order chi connectivity index (χ1) is 14.1. The maximum Gasteiger partial charge on any atom is 0.338 e. The van der Waals surface area contributed by atoms with Gasteiger partial charge >= 0.3 is 5.97 Å². The Morgan fingerprint density at radius 2 is 1.70 bits per heavy atom. The van der Waals surface area contributed by atoms with Crippen molar-refractivity contribution < 1.29 is 24.0 Å². The summed E-state index contributed by atoms with van der Waals surface area (Å²) in [7, 11) is 0. The predicted molar refractivity (Wildman–Crippen MR) is 110 cm³/mol. The largest absolute Gasteiger partial charge is 0.449 e. The second-order valence-corrected chi connectivity index (χ2v) is 6.84. The van der Waals surface area contributed by atoms with Crippen molar-refractivity contribution in [3.63, 3.8) is 0 Å². The van der Waals surface area contributed by atoms with Crippen molar-refractivity contribution in [3.8, 4) is 0 Å². The fourth-order valence-electron chi connectivity index (χ4n) is 2.78. The second kappa shape index (κ2) is 9.64. The molecule has 158 valence electrons. The zero-order valence-corrected chi connectivity index (χ0v) is 17.1. The maximum atomic E-state index is 12.2. The van der Waals surface area contributed by atoms with Crippen LogP contribution < -0.4 is 10.6 Å². The van der Waals surface area contributed by atoms with E-state index in [-0.39, 0.29) is 17.8 Å². The number of carbonyl (C=O) groups excluding carboxylic acids is 3. The topological polar surface area (TPSA) is 128 Å². The van der Waals surface area contributed by atoms with Gasteiger partial charge in [-0.3, -0.25) is 19.7 Å². The summed E-state index contributed by atoms with van der Waals surface area (Å²) in [5, 5.41) is 16.0. The van der Waals surface area contributed by atoms with Gasteiger partial charge in [0.1, 0.15) is 0 Å². The number of para-hydroxylation sites is 1. The van der Waals surface area contributed by atoms with Gasteiger partial charge in [0, 0.05) is 17.3 Å². The van der Waals surface area contributed by atoms with Crippen molar-refractivity contribution in [2.24, 2.45) is 0 Å². The SMILES string of the molecule is Cc1cc(C(=O)OC(C)C(=O)NCC(=O)Nc2c(C)cccc2C)ccc1[N+](=O)[O-]. The number of nitrogens with zero attached hydrogens (tertiary/aromatic N) is 1. The molecule has 0 aliphatic heterocycles. The van der Waals surface area contributed by atoms with Crippen LogP contribution in [0.25, 0.3) is 0 Å². The highest BCUT2D eigenvalue weighted by molar-refractivity contribution is 5.97. The van der Waals surface area contributed by atoms with Crippen LogP contribution >= 0.6 is 0 Å². The van der Waals surface area contributed by atoms with Gasteiger partial charge in [-0.05, 0) is 51.0 Å². The molecule has 1 atom stereocenters. The normalized spacial score (nSPS) is 11.3. The average Bonchev–Trinajstić information content (AvgIpc) is 2.68. The Morgan fingerprint density at radius 3 is 2.27 bits per heavy atom. The van der Waals surface area contributed by atoms with Gasteiger partial charge < -0.3 is 15.4 Å². The van der Waals surface area contributed by atoms with Gasteiger partial charge in [0.15, 0.2) is 6.10 Å². The Morgan fingerprint density at radius 1 is 1.07 bits per heavy atom. The zero-order chi connectivity index (χ0) is 22.4. The Kier molecular flexibility index (Phi) is 7.24. The molecule has 9 nitrogen and oxygen atoms in total. The van der Waals surface area contributed by atoms with Crippen molar-refractivity contribution in [2.75, 3.05) is 11.9 Å². The zero-order valence-electron chi connectivity index (χ0n) is 17.1. The van der Waals surface area contributed by atoms with E-state index in [1.807, 2.05) is 32.0 Å². The summed E-state index contributed by atoms with van der Waals surface area (Å²) in [6.07, 6.45) is -1.15. The predicted octanol–water partition coefficient (Wildman–Crippen LogP) is 2.82. The lowest BCUT2D eigenvalue weighted by molar-refractivity contribution is -0.385. The molecule has 30 heavy (non-hydrogen) atoms. The highest BCUT2D eigenvalue weighted by Gasteiger charge is 2.21. The van der Waals surface area contributed by atoms with Gasteiger partial charge in [0.2, 0.25) is 5.91 Å². The van der Waals surface area contributed by atoms with Crippen LogP contribution in [0.4, 0.5) is 11.4 Å². The standard InChI is InChI=1S/C21H23N3O6/c1-12-6-5-7-13(2)19(12)23-18(25)11-22-20(26)15(4)30-21(27)16-8-9-17(24(28)29)14(3)10-16/h5-10,15H,11H2,1-4H3,(H,22,26)(H,23,25). The number of amides is 2. The highest BCUT2D eigenvalue weighted by atomic mass is 16.6. The van der Waals surface area contributed by atoms with E-state index in [9.17, 15) is 24.5 Å². The van der Waals surface area contributed by atoms with Crippen molar-refractivity contribution >= 4 is 29.2 Å². The number of carbonyl (C=O) groups is 3. The number of benzene rings is 2. The molecule has 0 saturated carbocycles. The molecule has 0 fully saturated rings. The van der Waals surface area contributed by atoms with E-state index in [0.29, 0.717) is 11.3 Å². The third-order valence-corrected chi connectivity index (χ3v) is 4.45. The molecule has 0 aliphatic rings. The Hall–Kier alpha value is -3.75. The van der Waals surface area contributed by atoms with Crippen LogP contribution in [0.1, 0.15) is 34.0 Å². The first-order valence-electron chi connectivity index (χ1n) is 9.20. The first kappa shape index (κ1) is 22.5. The average molecular weight is 413 g/mol. The Balaban J connectivity index is 1.90. The van der Waals surface area contributed by atoms with E-state index in [2.05, 4.69) is 10.6 Å². The van der Waals surface area contributed by atoms with Gasteiger partial charge in [-0.15, -0.1) is 0 Å². The minimum Gasteiger partial charge on any atom is -0.449 e. The minimum absolute atomic E-state index is 0.0884. The van der Waals surface area contributed by atoms with Crippen LogP contribution in [0, 0.1) is 30.9 Å². The maximum absolute atomic E-state index is 12.2. The summed E-state index contributed by atoms with van der Waals surface area (Å²) in [5.74, 6) is -1.85. The Bertz CT molecular complexity index is 982. The molecule has 0 saturated heterocycles. The van der Waals surface area contributed by atoms with Crippen molar-refractivity contribution in [1.82, 2.24) is 5.32 Å². The molecule has 0 aliphatic carbocycles. The molecule has 0 heterocycles. The molecule has 2 aromatic rings. The molecule has 9 heteroatoms. The van der Waals surface area contributed by atoms with Crippen molar-refractivity contribution in [1.29, 1.82) is 0 Å². The molecule has 0 bridgehead atoms. The molecule has 2 N–H and O–H groups in total. The number of aryl methyl sites for hydroxylation is 3. The minimum atomic E-state index is -1.15. The van der Waals surface area contributed by atoms with Crippen LogP contribution in [0.2, 0.25) is 0 Å². The van der Waals surface area contributed by atoms with Crippen LogP contribution in [0.3, 0.4) is 0 Å². The number of ether oxygens (including phenoxy) is 1. The molecule has 0 radical (unpaired) electrons. The van der Waals surface area contributed by atoms with Gasteiger partial charge in [-0.1, -0.05) is 18.2 Å². The number of hydrogen-bond donors (Lipinski definition) is 2. The summed E-state index contributed by atoms with van der Waals surface area (Å²) >= 11 is 0. The first-order valence-corrected chi connectivity index (χ1v) is 9.20. The van der Waals surface area contributed by atoms with Gasteiger partial charge in [-0.2, -0.15) is 0 Å². The van der Waals surface area contributed by atoms with Crippen LogP contribution in [0.5, 0.6) is 0 Å². The van der Waals surface area contributed by atoms with E-state index in [4.69, 9.17) is 4.74 Å². The Labute approximate surface area is 173 Å². The van der Waals surface area contributed by atoms with Gasteiger partial charge in [-0.25, -0.2) is 4.79 Å². The van der Waals surface area contributed by atoms with Crippen LogP contribution in [0.15, 0.2) is 36.4 Å². The molecule has 2 aromatic carbocycles. The molecular weight excluding hydrogens is 390 g/mol. The van der Waals surface area contributed by atoms with E-state index >= 15 is 0 Å². The van der Waals surface area contributed by atoms with E-state index in [1.54, 1.807) is 0 Å². The molecule has 0 spiro atoms. The lowest BCUT2D eigenvalue weighted by Crippen LogP contribution is -2.40. The number of anilines is 1. The van der Waals surface area contributed by atoms with Crippen molar-refractivity contribution in [3.05, 3.63) is 68.8 Å². The number of hydrogen-bond acceptors (Lipinski definition) is 6. The smallest absolute Gasteiger partial charge is 0.338 e. The van der Waals surface area contributed by atoms with Crippen LogP contribution in [-0.2, 0) is 14.3 Å². The molecule has 1 unspecified atom stereocenters. The molecule has 2 rings (SSSR count). The number of esters is 1. The summed E-state index contributed by atoms with van der Waals surface area (Å²) in [5.41, 5.74) is 2.75. The van der Waals surface area contributed by atoms with Crippen LogP contribution in [-0.4, -0.2) is 35.4 Å². The number of nitro groups is 1.